The summed E-state index contributed by atoms with van der Waals surface area (Å²) in [5.41, 5.74) is 2.31. The average molecular weight is 196 g/mol. The Bertz CT molecular complexity index is 655. The summed E-state index contributed by atoms with van der Waals surface area (Å²) in [5, 5.41) is 5.18. The molecule has 0 spiro atoms. The van der Waals surface area contributed by atoms with Gasteiger partial charge in [0.2, 0.25) is 0 Å². The fraction of sp³-hybridized carbons (Fsp3) is 0. The maximum absolute atomic E-state index is 10.6. The Morgan fingerprint density at radius 3 is 2.60 bits per heavy atom. The number of aromatic nitrogens is 1. The van der Waals surface area contributed by atoms with Gasteiger partial charge < -0.3 is 4.98 Å². The third kappa shape index (κ3) is 1.06. The molecule has 1 N–H and O–H groups in total. The van der Waals surface area contributed by atoms with Gasteiger partial charge in [-0.3, -0.25) is 0 Å². The Morgan fingerprint density at radius 2 is 1.73 bits per heavy atom. The Kier molecular flexibility index (Phi) is 1.59. The predicted octanol–water partition coefficient (Wildman–Crippen LogP) is 3.72. The number of hydrogen-bond acceptors (Lipinski definition) is 2. The van der Waals surface area contributed by atoms with Gasteiger partial charge in [0, 0.05) is 16.3 Å². The first-order valence-corrected chi connectivity index (χ1v) is 4.73. The molecule has 0 radical (unpaired) electrons. The van der Waals surface area contributed by atoms with Crippen molar-refractivity contribution in [3.05, 3.63) is 47.4 Å². The zero-order valence-corrected chi connectivity index (χ0v) is 7.90. The maximum Gasteiger partial charge on any atom is 0.132 e. The predicted molar refractivity (Wildman–Crippen MR) is 61.3 cm³/mol. The lowest BCUT2D eigenvalue weighted by molar-refractivity contribution is 1.48. The number of nitroso groups, excluding NO2 is 1. The van der Waals surface area contributed by atoms with E-state index >= 15 is 0 Å². The molecule has 3 rings (SSSR count). The van der Waals surface area contributed by atoms with Crippen molar-refractivity contribution in [3.8, 4) is 0 Å². The van der Waals surface area contributed by atoms with Crippen LogP contribution < -0.4 is 0 Å². The highest BCUT2D eigenvalue weighted by Gasteiger charge is 2.06. The second kappa shape index (κ2) is 2.92. The second-order valence-electron chi connectivity index (χ2n) is 3.46. The molecule has 0 atom stereocenters. The number of H-pyrrole nitrogens is 1. The van der Waals surface area contributed by atoms with E-state index in [0.29, 0.717) is 5.69 Å². The summed E-state index contributed by atoms with van der Waals surface area (Å²) >= 11 is 0. The zero-order chi connectivity index (χ0) is 10.3. The summed E-state index contributed by atoms with van der Waals surface area (Å²) in [5.74, 6) is 0. The topological polar surface area (TPSA) is 45.2 Å². The minimum Gasteiger partial charge on any atom is -0.353 e. The quantitative estimate of drug-likeness (QED) is 0.592. The van der Waals surface area contributed by atoms with Gasteiger partial charge in [-0.15, -0.1) is 4.91 Å². The summed E-state index contributed by atoms with van der Waals surface area (Å²) in [6.45, 7) is 0. The van der Waals surface area contributed by atoms with E-state index in [9.17, 15) is 4.91 Å². The lowest BCUT2D eigenvalue weighted by Crippen LogP contribution is -1.68. The van der Waals surface area contributed by atoms with Gasteiger partial charge in [-0.2, -0.15) is 0 Å². The monoisotopic (exact) mass is 196 g/mol. The van der Waals surface area contributed by atoms with Crippen molar-refractivity contribution in [1.82, 2.24) is 4.98 Å². The van der Waals surface area contributed by atoms with E-state index in [4.69, 9.17) is 0 Å². The molecule has 0 aliphatic carbocycles. The molecule has 0 aliphatic rings. The number of fused-ring (bicyclic) bond motifs is 3. The molecule has 0 bridgehead atoms. The molecule has 3 nitrogen and oxygen atoms in total. The largest absolute Gasteiger partial charge is 0.353 e. The van der Waals surface area contributed by atoms with Crippen molar-refractivity contribution >= 4 is 27.5 Å². The van der Waals surface area contributed by atoms with Crippen LogP contribution in [0.2, 0.25) is 0 Å². The van der Waals surface area contributed by atoms with E-state index in [2.05, 4.69) is 10.2 Å². The van der Waals surface area contributed by atoms with Crippen LogP contribution in [-0.4, -0.2) is 4.98 Å². The maximum atomic E-state index is 10.6. The first-order chi connectivity index (χ1) is 7.40. The fourth-order valence-corrected chi connectivity index (χ4v) is 1.93. The van der Waals surface area contributed by atoms with Crippen LogP contribution in [0.4, 0.5) is 5.69 Å². The molecule has 0 saturated heterocycles. The summed E-state index contributed by atoms with van der Waals surface area (Å²) in [4.78, 5) is 13.8. The van der Waals surface area contributed by atoms with Crippen LogP contribution in [0.1, 0.15) is 0 Å². The van der Waals surface area contributed by atoms with E-state index in [0.717, 1.165) is 21.8 Å². The molecule has 1 heterocycles. The number of nitrogens with one attached hydrogen (secondary N) is 1. The van der Waals surface area contributed by atoms with Gasteiger partial charge >= 0.3 is 0 Å². The highest BCUT2D eigenvalue weighted by atomic mass is 16.3. The number of para-hydroxylation sites is 2. The van der Waals surface area contributed by atoms with Gasteiger partial charge in [0.05, 0.1) is 5.52 Å². The van der Waals surface area contributed by atoms with Crippen LogP contribution in [0.5, 0.6) is 0 Å². The molecule has 0 saturated carbocycles. The normalized spacial score (nSPS) is 10.9. The summed E-state index contributed by atoms with van der Waals surface area (Å²) in [6, 6.07) is 13.5. The van der Waals surface area contributed by atoms with Crippen molar-refractivity contribution < 1.29 is 0 Å². The van der Waals surface area contributed by atoms with Gasteiger partial charge in [0.15, 0.2) is 0 Å². The third-order valence-corrected chi connectivity index (χ3v) is 2.62. The Hall–Kier alpha value is -2.16. The molecule has 1 aromatic heterocycles. The highest BCUT2D eigenvalue weighted by molar-refractivity contribution is 6.10. The van der Waals surface area contributed by atoms with Crippen LogP contribution in [0.3, 0.4) is 0 Å². The van der Waals surface area contributed by atoms with E-state index in [1.54, 1.807) is 6.07 Å². The van der Waals surface area contributed by atoms with E-state index < -0.39 is 0 Å². The lowest BCUT2D eigenvalue weighted by atomic mass is 10.1. The molecule has 0 amide bonds. The minimum atomic E-state index is 0.462. The van der Waals surface area contributed by atoms with Gasteiger partial charge in [-0.25, -0.2) is 0 Å². The lowest BCUT2D eigenvalue weighted by Gasteiger charge is -1.91. The zero-order valence-electron chi connectivity index (χ0n) is 7.90. The van der Waals surface area contributed by atoms with Crippen molar-refractivity contribution in [2.24, 2.45) is 5.18 Å². The molecule has 2 aromatic carbocycles. The average Bonchev–Trinajstić information content (AvgIpc) is 2.67. The van der Waals surface area contributed by atoms with Gasteiger partial charge in [-0.1, -0.05) is 30.3 Å². The summed E-state index contributed by atoms with van der Waals surface area (Å²) in [6.07, 6.45) is 0. The van der Waals surface area contributed by atoms with Crippen LogP contribution in [0.15, 0.2) is 47.6 Å². The van der Waals surface area contributed by atoms with Crippen LogP contribution in [-0.2, 0) is 0 Å². The van der Waals surface area contributed by atoms with Crippen LogP contribution in [0.25, 0.3) is 21.8 Å². The third-order valence-electron chi connectivity index (χ3n) is 2.62. The second-order valence-corrected chi connectivity index (χ2v) is 3.46. The SMILES string of the molecule is O=Nc1cccc2c1[nH]c1ccccc12. The van der Waals surface area contributed by atoms with Crippen LogP contribution in [0, 0.1) is 4.91 Å². The number of nitrogens with zero attached hydrogens (tertiary/aromatic N) is 1. The molecule has 3 heteroatoms. The standard InChI is InChI=1S/C12H8N2O/c15-14-11-7-3-5-9-8-4-1-2-6-10(8)13-12(9)11/h1-7,13H. The van der Waals surface area contributed by atoms with Crippen molar-refractivity contribution in [2.75, 3.05) is 0 Å². The molecule has 3 aromatic rings. The highest BCUT2D eigenvalue weighted by Crippen LogP contribution is 2.31. The van der Waals surface area contributed by atoms with E-state index in [1.807, 2.05) is 36.4 Å². The Labute approximate surface area is 85.7 Å². The Morgan fingerprint density at radius 1 is 0.933 bits per heavy atom. The number of aromatic amines is 1. The minimum absolute atomic E-state index is 0.462. The fourth-order valence-electron chi connectivity index (χ4n) is 1.93. The first kappa shape index (κ1) is 8.17. The number of hydrogen-bond donors (Lipinski definition) is 1. The summed E-state index contributed by atoms with van der Waals surface area (Å²) in [7, 11) is 0. The van der Waals surface area contributed by atoms with Gasteiger partial charge in [0.1, 0.15) is 5.69 Å². The Balaban J connectivity index is 2.59. The van der Waals surface area contributed by atoms with Crippen molar-refractivity contribution in [2.45, 2.75) is 0 Å². The molecule has 0 fully saturated rings. The molecular weight excluding hydrogens is 188 g/mol. The van der Waals surface area contributed by atoms with Gasteiger partial charge in [-0.05, 0) is 17.3 Å². The number of rotatable bonds is 1. The molecular formula is C12H8N2O. The first-order valence-electron chi connectivity index (χ1n) is 4.73. The van der Waals surface area contributed by atoms with E-state index in [-0.39, 0.29) is 0 Å². The smallest absolute Gasteiger partial charge is 0.132 e. The van der Waals surface area contributed by atoms with Crippen LogP contribution >= 0.6 is 0 Å². The molecule has 72 valence electrons. The molecule has 0 aliphatic heterocycles. The summed E-state index contributed by atoms with van der Waals surface area (Å²) < 4.78 is 0. The van der Waals surface area contributed by atoms with E-state index in [1.165, 1.54) is 0 Å². The molecule has 15 heavy (non-hydrogen) atoms. The number of benzene rings is 2. The van der Waals surface area contributed by atoms with Crippen molar-refractivity contribution in [1.29, 1.82) is 0 Å². The van der Waals surface area contributed by atoms with Crippen molar-refractivity contribution in [3.63, 3.8) is 0 Å². The van der Waals surface area contributed by atoms with Gasteiger partial charge in [0.25, 0.3) is 0 Å². The molecule has 0 unspecified atom stereocenters.